The molecule has 1 fully saturated rings. The highest BCUT2D eigenvalue weighted by Crippen LogP contribution is 1.98. The number of aryl methyl sites for hydroxylation is 1. The van der Waals surface area contributed by atoms with Crippen LogP contribution in [-0.4, -0.2) is 65.4 Å². The predicted molar refractivity (Wildman–Crippen MR) is 74.6 cm³/mol. The van der Waals surface area contributed by atoms with E-state index in [1.807, 2.05) is 0 Å². The van der Waals surface area contributed by atoms with Crippen molar-refractivity contribution >= 4 is 5.91 Å². The fourth-order valence-electron chi connectivity index (χ4n) is 2.15. The molecule has 2 heterocycles. The molecule has 0 spiro atoms. The minimum absolute atomic E-state index is 0.203. The van der Waals surface area contributed by atoms with Gasteiger partial charge in [-0.15, -0.1) is 5.10 Å². The van der Waals surface area contributed by atoms with E-state index in [9.17, 15) is 4.79 Å². The largest absolute Gasteiger partial charge is 0.379 e. The first-order valence-electron chi connectivity index (χ1n) is 7.29. The number of amides is 1. The summed E-state index contributed by atoms with van der Waals surface area (Å²) in [4.78, 5) is 18.3. The second-order valence-corrected chi connectivity index (χ2v) is 4.92. The lowest BCUT2D eigenvalue weighted by atomic mass is 10.3. The van der Waals surface area contributed by atoms with Gasteiger partial charge in [-0.3, -0.25) is 14.8 Å². The molecule has 0 bridgehead atoms. The van der Waals surface area contributed by atoms with Gasteiger partial charge in [-0.1, -0.05) is 6.92 Å². The molecule has 1 saturated heterocycles. The topological polar surface area (TPSA) is 83.1 Å². The monoisotopic (exact) mass is 281 g/mol. The molecule has 112 valence electrons. The highest BCUT2D eigenvalue weighted by atomic mass is 16.5. The predicted octanol–water partition coefficient (Wildman–Crippen LogP) is 0.209. The van der Waals surface area contributed by atoms with Crippen molar-refractivity contribution in [2.24, 2.45) is 0 Å². The lowest BCUT2D eigenvalue weighted by Crippen LogP contribution is -2.38. The Bertz CT molecular complexity index is 415. The second-order valence-electron chi connectivity index (χ2n) is 4.92. The van der Waals surface area contributed by atoms with Gasteiger partial charge in [0.25, 0.3) is 5.91 Å². The van der Waals surface area contributed by atoms with Gasteiger partial charge in [0.2, 0.25) is 5.82 Å². The summed E-state index contributed by atoms with van der Waals surface area (Å²) in [6, 6.07) is 0. The number of morpholine rings is 1. The molecular weight excluding hydrogens is 258 g/mol. The van der Waals surface area contributed by atoms with Crippen molar-refractivity contribution in [3.05, 3.63) is 11.6 Å². The van der Waals surface area contributed by atoms with E-state index in [4.69, 9.17) is 4.74 Å². The first kappa shape index (κ1) is 14.9. The summed E-state index contributed by atoms with van der Waals surface area (Å²) < 4.78 is 5.29. The number of hydrogen-bond donors (Lipinski definition) is 2. The number of nitrogens with one attached hydrogen (secondary N) is 2. The minimum Gasteiger partial charge on any atom is -0.379 e. The Morgan fingerprint density at radius 1 is 1.45 bits per heavy atom. The summed E-state index contributed by atoms with van der Waals surface area (Å²) >= 11 is 0. The van der Waals surface area contributed by atoms with Crippen LogP contribution in [0.15, 0.2) is 0 Å². The zero-order valence-corrected chi connectivity index (χ0v) is 12.0. The number of nitrogens with zero attached hydrogens (tertiary/aromatic N) is 3. The van der Waals surface area contributed by atoms with Crippen molar-refractivity contribution in [2.75, 3.05) is 39.4 Å². The smallest absolute Gasteiger partial charge is 0.290 e. The standard InChI is InChI=1S/C13H23N5O2/c1-2-4-11-15-12(17-16-11)13(19)14-5-3-6-18-7-9-20-10-8-18/h2-10H2,1H3,(H,14,19)(H,15,16,17). The summed E-state index contributed by atoms with van der Waals surface area (Å²) in [5.74, 6) is 0.802. The van der Waals surface area contributed by atoms with Crippen LogP contribution < -0.4 is 5.32 Å². The first-order valence-corrected chi connectivity index (χ1v) is 7.29. The molecule has 2 rings (SSSR count). The van der Waals surface area contributed by atoms with Gasteiger partial charge in [-0.05, 0) is 19.4 Å². The number of hydrogen-bond acceptors (Lipinski definition) is 5. The summed E-state index contributed by atoms with van der Waals surface area (Å²) in [6.45, 7) is 7.28. The second kappa shape index (κ2) is 7.96. The molecule has 0 unspecified atom stereocenters. The van der Waals surface area contributed by atoms with Crippen molar-refractivity contribution in [1.29, 1.82) is 0 Å². The van der Waals surface area contributed by atoms with Crippen LogP contribution in [0.5, 0.6) is 0 Å². The Morgan fingerprint density at radius 2 is 2.25 bits per heavy atom. The molecule has 1 amide bonds. The Morgan fingerprint density at radius 3 is 3.00 bits per heavy atom. The molecule has 0 radical (unpaired) electrons. The van der Waals surface area contributed by atoms with Crippen LogP contribution >= 0.6 is 0 Å². The fraction of sp³-hybridized carbons (Fsp3) is 0.769. The summed E-state index contributed by atoms with van der Waals surface area (Å²) in [5, 5.41) is 9.57. The molecule has 20 heavy (non-hydrogen) atoms. The van der Waals surface area contributed by atoms with Crippen LogP contribution in [0.4, 0.5) is 0 Å². The maximum Gasteiger partial charge on any atom is 0.290 e. The Kier molecular flexibility index (Phi) is 5.94. The molecule has 1 aromatic rings. The minimum atomic E-state index is -0.203. The molecule has 1 aromatic heterocycles. The van der Waals surface area contributed by atoms with Gasteiger partial charge in [0.1, 0.15) is 5.82 Å². The van der Waals surface area contributed by atoms with Crippen LogP contribution in [0.2, 0.25) is 0 Å². The van der Waals surface area contributed by atoms with Crippen molar-refractivity contribution in [3.63, 3.8) is 0 Å². The quantitative estimate of drug-likeness (QED) is 0.698. The van der Waals surface area contributed by atoms with E-state index < -0.39 is 0 Å². The number of H-pyrrole nitrogens is 1. The third kappa shape index (κ3) is 4.57. The molecule has 0 aromatic carbocycles. The van der Waals surface area contributed by atoms with Gasteiger partial charge < -0.3 is 10.1 Å². The molecule has 1 aliphatic rings. The Balaban J connectivity index is 1.63. The zero-order valence-electron chi connectivity index (χ0n) is 12.0. The first-order chi connectivity index (χ1) is 9.79. The van der Waals surface area contributed by atoms with E-state index in [0.29, 0.717) is 6.54 Å². The van der Waals surface area contributed by atoms with E-state index in [2.05, 4.69) is 32.3 Å². The third-order valence-electron chi connectivity index (χ3n) is 3.26. The maximum absolute atomic E-state index is 11.8. The average Bonchev–Trinajstić information content (AvgIpc) is 2.94. The van der Waals surface area contributed by atoms with E-state index >= 15 is 0 Å². The van der Waals surface area contributed by atoms with E-state index in [-0.39, 0.29) is 11.7 Å². The molecule has 0 atom stereocenters. The molecule has 7 heteroatoms. The van der Waals surface area contributed by atoms with Crippen LogP contribution in [0.3, 0.4) is 0 Å². The Labute approximate surface area is 119 Å². The van der Waals surface area contributed by atoms with Crippen molar-refractivity contribution in [2.45, 2.75) is 26.2 Å². The summed E-state index contributed by atoms with van der Waals surface area (Å²) in [5.41, 5.74) is 0. The SMILES string of the molecule is CCCc1nc(C(=O)NCCCN2CCOCC2)n[nH]1. The Hall–Kier alpha value is -1.47. The molecule has 2 N–H and O–H groups in total. The zero-order chi connectivity index (χ0) is 14.2. The van der Waals surface area contributed by atoms with Gasteiger partial charge in [-0.2, -0.15) is 0 Å². The summed E-state index contributed by atoms with van der Waals surface area (Å²) in [7, 11) is 0. The number of ether oxygens (including phenoxy) is 1. The molecule has 1 aliphatic heterocycles. The van der Waals surface area contributed by atoms with Crippen LogP contribution in [0, 0.1) is 0 Å². The lowest BCUT2D eigenvalue weighted by molar-refractivity contribution is 0.0374. The summed E-state index contributed by atoms with van der Waals surface area (Å²) in [6.07, 6.45) is 2.73. The van der Waals surface area contributed by atoms with E-state index in [1.165, 1.54) is 0 Å². The number of carbonyl (C=O) groups excluding carboxylic acids is 1. The van der Waals surface area contributed by atoms with Crippen LogP contribution in [-0.2, 0) is 11.2 Å². The maximum atomic E-state index is 11.8. The van der Waals surface area contributed by atoms with Crippen molar-refractivity contribution in [1.82, 2.24) is 25.4 Å². The fourth-order valence-corrected chi connectivity index (χ4v) is 2.15. The highest BCUT2D eigenvalue weighted by molar-refractivity contribution is 5.90. The molecule has 0 saturated carbocycles. The van der Waals surface area contributed by atoms with Crippen molar-refractivity contribution < 1.29 is 9.53 Å². The number of aromatic nitrogens is 3. The van der Waals surface area contributed by atoms with Crippen molar-refractivity contribution in [3.8, 4) is 0 Å². The van der Waals surface area contributed by atoms with Gasteiger partial charge in [0, 0.05) is 26.1 Å². The van der Waals surface area contributed by atoms with E-state index in [1.54, 1.807) is 0 Å². The van der Waals surface area contributed by atoms with Gasteiger partial charge in [0.05, 0.1) is 13.2 Å². The number of aromatic amines is 1. The third-order valence-corrected chi connectivity index (χ3v) is 3.26. The highest BCUT2D eigenvalue weighted by Gasteiger charge is 2.12. The van der Waals surface area contributed by atoms with Gasteiger partial charge in [0.15, 0.2) is 0 Å². The van der Waals surface area contributed by atoms with Gasteiger partial charge in [-0.25, -0.2) is 4.98 Å². The molecule has 0 aliphatic carbocycles. The average molecular weight is 281 g/mol. The van der Waals surface area contributed by atoms with Crippen LogP contribution in [0.1, 0.15) is 36.2 Å². The van der Waals surface area contributed by atoms with Gasteiger partial charge >= 0.3 is 0 Å². The number of rotatable bonds is 7. The molecular formula is C13H23N5O2. The van der Waals surface area contributed by atoms with E-state index in [0.717, 1.165) is 57.9 Å². The lowest BCUT2D eigenvalue weighted by Gasteiger charge is -2.26. The number of carbonyl (C=O) groups is 1. The molecule has 7 nitrogen and oxygen atoms in total. The van der Waals surface area contributed by atoms with Crippen LogP contribution in [0.25, 0.3) is 0 Å². The normalized spacial score (nSPS) is 16.2.